The fourth-order valence-corrected chi connectivity index (χ4v) is 1.80. The summed E-state index contributed by atoms with van der Waals surface area (Å²) in [5.74, 6) is -2.87. The Kier molecular flexibility index (Phi) is 3.38. The molecular formula is C13H19F2N. The van der Waals surface area contributed by atoms with Gasteiger partial charge >= 0.3 is 0 Å². The number of nitrogens with two attached hydrogens (primary N) is 1. The van der Waals surface area contributed by atoms with E-state index in [4.69, 9.17) is 5.73 Å². The Hall–Kier alpha value is -0.960. The normalized spacial score (nSPS) is 12.9. The summed E-state index contributed by atoms with van der Waals surface area (Å²) >= 11 is 0. The summed E-state index contributed by atoms with van der Waals surface area (Å²) in [4.78, 5) is 0. The second-order valence-electron chi connectivity index (χ2n) is 5.19. The maximum Gasteiger partial charge on any atom is 0.275 e. The minimum atomic E-state index is -2.87. The van der Waals surface area contributed by atoms with E-state index in [1.807, 2.05) is 13.0 Å². The van der Waals surface area contributed by atoms with Gasteiger partial charge in [0.15, 0.2) is 0 Å². The largest absolute Gasteiger partial charge is 0.325 e. The zero-order valence-corrected chi connectivity index (χ0v) is 10.3. The van der Waals surface area contributed by atoms with Crippen molar-refractivity contribution in [2.75, 3.05) is 0 Å². The van der Waals surface area contributed by atoms with Crippen LogP contribution in [0, 0.1) is 13.8 Å². The van der Waals surface area contributed by atoms with Gasteiger partial charge in [0.1, 0.15) is 0 Å². The van der Waals surface area contributed by atoms with Gasteiger partial charge in [0.2, 0.25) is 0 Å². The summed E-state index contributed by atoms with van der Waals surface area (Å²) in [7, 11) is 0. The molecule has 0 spiro atoms. The molecule has 0 aromatic heterocycles. The molecule has 0 aliphatic rings. The minimum absolute atomic E-state index is 0.0889. The molecule has 0 bridgehead atoms. The van der Waals surface area contributed by atoms with Gasteiger partial charge in [-0.05, 0) is 39.3 Å². The number of rotatable bonds is 3. The van der Waals surface area contributed by atoms with Gasteiger partial charge in [0, 0.05) is 17.5 Å². The fraction of sp³-hybridized carbons (Fsp3) is 0.538. The average Bonchev–Trinajstić information content (AvgIpc) is 2.04. The Labute approximate surface area is 95.7 Å². The van der Waals surface area contributed by atoms with Crippen molar-refractivity contribution in [1.29, 1.82) is 0 Å². The van der Waals surface area contributed by atoms with E-state index in [-0.39, 0.29) is 12.0 Å². The number of alkyl halides is 2. The van der Waals surface area contributed by atoms with Crippen molar-refractivity contribution in [3.05, 3.63) is 34.9 Å². The predicted octanol–water partition coefficient (Wildman–Crippen LogP) is 3.52. The first-order valence-corrected chi connectivity index (χ1v) is 5.36. The molecule has 1 aromatic rings. The van der Waals surface area contributed by atoms with Crippen molar-refractivity contribution >= 4 is 0 Å². The van der Waals surface area contributed by atoms with Crippen molar-refractivity contribution in [1.82, 2.24) is 0 Å². The molecule has 1 rings (SSSR count). The van der Waals surface area contributed by atoms with E-state index in [2.05, 4.69) is 0 Å². The third-order valence-corrected chi connectivity index (χ3v) is 2.46. The number of aryl methyl sites for hydroxylation is 2. The maximum absolute atomic E-state index is 14.0. The van der Waals surface area contributed by atoms with Crippen LogP contribution in [-0.2, 0) is 5.92 Å². The van der Waals surface area contributed by atoms with Crippen LogP contribution in [0.3, 0.4) is 0 Å². The molecule has 0 unspecified atom stereocenters. The quantitative estimate of drug-likeness (QED) is 0.840. The van der Waals surface area contributed by atoms with E-state index in [9.17, 15) is 8.78 Å². The van der Waals surface area contributed by atoms with Crippen molar-refractivity contribution in [2.45, 2.75) is 45.6 Å². The van der Waals surface area contributed by atoms with Gasteiger partial charge in [-0.15, -0.1) is 0 Å². The highest BCUT2D eigenvalue weighted by Gasteiger charge is 2.37. The molecule has 0 radical (unpaired) electrons. The van der Waals surface area contributed by atoms with Crippen molar-refractivity contribution in [2.24, 2.45) is 5.73 Å². The molecule has 0 atom stereocenters. The zero-order valence-electron chi connectivity index (χ0n) is 10.3. The van der Waals surface area contributed by atoms with Gasteiger partial charge in [0.25, 0.3) is 5.92 Å². The van der Waals surface area contributed by atoms with Crippen LogP contribution in [0.1, 0.15) is 37.0 Å². The highest BCUT2D eigenvalue weighted by atomic mass is 19.3. The standard InChI is InChI=1S/C13H19F2N/c1-9-5-6-10(2)11(7-9)13(14,15)8-12(3,4)16/h5-7H,8,16H2,1-4H3. The first kappa shape index (κ1) is 13.1. The molecule has 0 saturated carbocycles. The molecule has 2 N–H and O–H groups in total. The van der Waals surface area contributed by atoms with Crippen molar-refractivity contribution in [3.63, 3.8) is 0 Å². The zero-order chi connectivity index (χ0) is 12.6. The molecule has 1 nitrogen and oxygen atoms in total. The molecule has 0 aliphatic carbocycles. The van der Waals surface area contributed by atoms with Gasteiger partial charge < -0.3 is 5.73 Å². The van der Waals surface area contributed by atoms with Crippen LogP contribution in [0.15, 0.2) is 18.2 Å². The summed E-state index contributed by atoms with van der Waals surface area (Å²) in [6.07, 6.45) is -0.343. The minimum Gasteiger partial charge on any atom is -0.325 e. The first-order valence-electron chi connectivity index (χ1n) is 5.36. The summed E-state index contributed by atoms with van der Waals surface area (Å²) in [6, 6.07) is 5.10. The topological polar surface area (TPSA) is 26.0 Å². The van der Waals surface area contributed by atoms with E-state index in [1.54, 1.807) is 32.9 Å². The van der Waals surface area contributed by atoms with Gasteiger partial charge in [-0.25, -0.2) is 8.78 Å². The molecule has 16 heavy (non-hydrogen) atoms. The smallest absolute Gasteiger partial charge is 0.275 e. The van der Waals surface area contributed by atoms with E-state index in [0.717, 1.165) is 5.56 Å². The lowest BCUT2D eigenvalue weighted by molar-refractivity contribution is -0.0301. The number of hydrogen-bond donors (Lipinski definition) is 1. The Balaban J connectivity index is 3.11. The number of benzene rings is 1. The second kappa shape index (κ2) is 4.13. The molecule has 0 fully saturated rings. The average molecular weight is 227 g/mol. The lowest BCUT2D eigenvalue weighted by Gasteiger charge is -2.27. The summed E-state index contributed by atoms with van der Waals surface area (Å²) in [5, 5.41) is 0. The predicted molar refractivity (Wildman–Crippen MR) is 62.7 cm³/mol. The summed E-state index contributed by atoms with van der Waals surface area (Å²) in [6.45, 7) is 6.75. The summed E-state index contributed by atoms with van der Waals surface area (Å²) in [5.41, 5.74) is 6.33. The van der Waals surface area contributed by atoms with E-state index < -0.39 is 11.5 Å². The van der Waals surface area contributed by atoms with E-state index in [0.29, 0.717) is 5.56 Å². The highest BCUT2D eigenvalue weighted by Crippen LogP contribution is 2.37. The molecule has 0 heterocycles. The molecule has 90 valence electrons. The van der Waals surface area contributed by atoms with Crippen LogP contribution in [0.25, 0.3) is 0 Å². The van der Waals surface area contributed by atoms with Crippen LogP contribution in [0.2, 0.25) is 0 Å². The Morgan fingerprint density at radius 1 is 1.19 bits per heavy atom. The Bertz CT molecular complexity index is 378. The first-order chi connectivity index (χ1) is 7.12. The molecule has 1 aromatic carbocycles. The SMILES string of the molecule is Cc1ccc(C)c(C(F)(F)CC(C)(C)N)c1. The van der Waals surface area contributed by atoms with Crippen LogP contribution >= 0.6 is 0 Å². The number of hydrogen-bond acceptors (Lipinski definition) is 1. The summed E-state index contributed by atoms with van der Waals surface area (Å²) < 4.78 is 28.0. The van der Waals surface area contributed by atoms with Gasteiger partial charge in [-0.2, -0.15) is 0 Å². The van der Waals surface area contributed by atoms with Crippen LogP contribution in [0.5, 0.6) is 0 Å². The molecule has 0 saturated heterocycles. The van der Waals surface area contributed by atoms with E-state index >= 15 is 0 Å². The molecule has 0 amide bonds. The molecular weight excluding hydrogens is 208 g/mol. The Morgan fingerprint density at radius 2 is 1.75 bits per heavy atom. The number of halogens is 2. The van der Waals surface area contributed by atoms with E-state index in [1.165, 1.54) is 0 Å². The molecule has 0 aliphatic heterocycles. The fourth-order valence-electron chi connectivity index (χ4n) is 1.80. The maximum atomic E-state index is 14.0. The lowest BCUT2D eigenvalue weighted by Crippen LogP contribution is -2.38. The monoisotopic (exact) mass is 227 g/mol. The van der Waals surface area contributed by atoms with Gasteiger partial charge in [0.05, 0.1) is 0 Å². The van der Waals surface area contributed by atoms with Gasteiger partial charge in [-0.3, -0.25) is 0 Å². The van der Waals surface area contributed by atoms with Crippen molar-refractivity contribution < 1.29 is 8.78 Å². The van der Waals surface area contributed by atoms with Crippen LogP contribution in [-0.4, -0.2) is 5.54 Å². The van der Waals surface area contributed by atoms with Crippen molar-refractivity contribution in [3.8, 4) is 0 Å². The lowest BCUT2D eigenvalue weighted by atomic mass is 9.90. The Morgan fingerprint density at radius 3 is 2.25 bits per heavy atom. The van der Waals surface area contributed by atoms with Crippen LogP contribution in [0.4, 0.5) is 8.78 Å². The second-order valence-corrected chi connectivity index (χ2v) is 5.19. The third kappa shape index (κ3) is 3.27. The third-order valence-electron chi connectivity index (χ3n) is 2.46. The molecule has 3 heteroatoms. The van der Waals surface area contributed by atoms with Crippen LogP contribution < -0.4 is 5.73 Å². The highest BCUT2D eigenvalue weighted by molar-refractivity contribution is 5.34. The van der Waals surface area contributed by atoms with Gasteiger partial charge in [-0.1, -0.05) is 17.7 Å².